The van der Waals surface area contributed by atoms with Gasteiger partial charge in [0.15, 0.2) is 0 Å². The predicted octanol–water partition coefficient (Wildman–Crippen LogP) is 2.05. The fraction of sp³-hybridized carbons (Fsp3) is 0.308. The number of benzene rings is 1. The molecule has 4 heteroatoms. The highest BCUT2D eigenvalue weighted by Gasteiger charge is 2.02. The lowest BCUT2D eigenvalue weighted by Gasteiger charge is -2.04. The van der Waals surface area contributed by atoms with Crippen molar-refractivity contribution in [2.24, 2.45) is 0 Å². The number of fused-ring (bicyclic) bond motifs is 1. The number of hydrogen-bond donors (Lipinski definition) is 1. The smallest absolute Gasteiger partial charge is 0.220 e. The Hall–Kier alpha value is -1.97. The molecule has 0 fully saturated rings. The summed E-state index contributed by atoms with van der Waals surface area (Å²) in [6.07, 6.45) is 3.12. The Morgan fingerprint density at radius 2 is 2.06 bits per heavy atom. The highest BCUT2D eigenvalue weighted by molar-refractivity contribution is 5.76. The highest BCUT2D eigenvalue weighted by Crippen LogP contribution is 2.08. The predicted molar refractivity (Wildman–Crippen MR) is 66.3 cm³/mol. The van der Waals surface area contributed by atoms with Crippen LogP contribution in [0, 0.1) is 0 Å². The van der Waals surface area contributed by atoms with E-state index in [1.54, 1.807) is 6.20 Å². The summed E-state index contributed by atoms with van der Waals surface area (Å²) in [6.45, 7) is 2.42. The van der Waals surface area contributed by atoms with Crippen LogP contribution in [0.1, 0.15) is 25.5 Å². The van der Waals surface area contributed by atoms with Gasteiger partial charge in [-0.2, -0.15) is 0 Å². The first-order valence-corrected chi connectivity index (χ1v) is 5.77. The van der Waals surface area contributed by atoms with Crippen molar-refractivity contribution in [1.82, 2.24) is 15.3 Å². The van der Waals surface area contributed by atoms with Crippen LogP contribution < -0.4 is 5.32 Å². The van der Waals surface area contributed by atoms with Crippen molar-refractivity contribution in [1.29, 1.82) is 0 Å². The molecule has 1 amide bonds. The lowest BCUT2D eigenvalue weighted by atomic mass is 10.3. The average molecular weight is 229 g/mol. The maximum atomic E-state index is 11.3. The quantitative estimate of drug-likeness (QED) is 0.873. The minimum absolute atomic E-state index is 0.0578. The molecule has 88 valence electrons. The van der Waals surface area contributed by atoms with Gasteiger partial charge in [-0.3, -0.25) is 9.78 Å². The van der Waals surface area contributed by atoms with Crippen LogP contribution in [-0.4, -0.2) is 15.9 Å². The zero-order valence-corrected chi connectivity index (χ0v) is 9.81. The molecule has 0 bridgehead atoms. The van der Waals surface area contributed by atoms with Crippen LogP contribution in [0.15, 0.2) is 30.5 Å². The number of para-hydroxylation sites is 2. The van der Waals surface area contributed by atoms with Crippen molar-refractivity contribution in [3.63, 3.8) is 0 Å². The van der Waals surface area contributed by atoms with E-state index in [2.05, 4.69) is 15.3 Å². The number of nitrogens with zero attached hydrogens (tertiary/aromatic N) is 2. The van der Waals surface area contributed by atoms with Gasteiger partial charge in [-0.05, 0) is 18.6 Å². The van der Waals surface area contributed by atoms with Gasteiger partial charge >= 0.3 is 0 Å². The number of aromatic nitrogens is 2. The average Bonchev–Trinajstić information content (AvgIpc) is 2.36. The molecule has 0 aliphatic rings. The Labute approximate surface area is 100 Å². The second-order valence-corrected chi connectivity index (χ2v) is 3.88. The molecular formula is C13H15N3O. The monoisotopic (exact) mass is 229 g/mol. The van der Waals surface area contributed by atoms with E-state index in [9.17, 15) is 4.79 Å². The van der Waals surface area contributed by atoms with Gasteiger partial charge in [0, 0.05) is 6.42 Å². The van der Waals surface area contributed by atoms with Crippen LogP contribution in [0.2, 0.25) is 0 Å². The third kappa shape index (κ3) is 3.00. The fourth-order valence-corrected chi connectivity index (χ4v) is 1.59. The van der Waals surface area contributed by atoms with E-state index in [1.807, 2.05) is 31.2 Å². The molecule has 1 aromatic heterocycles. The molecule has 0 saturated carbocycles. The van der Waals surface area contributed by atoms with Crippen LogP contribution >= 0.6 is 0 Å². The molecule has 0 spiro atoms. The van der Waals surface area contributed by atoms with E-state index in [1.165, 1.54) is 0 Å². The third-order valence-corrected chi connectivity index (χ3v) is 2.44. The first-order valence-electron chi connectivity index (χ1n) is 5.77. The van der Waals surface area contributed by atoms with Crippen LogP contribution in [-0.2, 0) is 11.3 Å². The van der Waals surface area contributed by atoms with Gasteiger partial charge < -0.3 is 5.32 Å². The Kier molecular flexibility index (Phi) is 3.65. The van der Waals surface area contributed by atoms with Gasteiger partial charge in [0.1, 0.15) is 0 Å². The van der Waals surface area contributed by atoms with E-state index in [0.29, 0.717) is 13.0 Å². The number of amides is 1. The summed E-state index contributed by atoms with van der Waals surface area (Å²) in [4.78, 5) is 20.0. The molecule has 0 atom stereocenters. The Morgan fingerprint density at radius 3 is 2.82 bits per heavy atom. The van der Waals surface area contributed by atoms with E-state index in [-0.39, 0.29) is 5.91 Å². The molecule has 2 aromatic rings. The van der Waals surface area contributed by atoms with E-state index < -0.39 is 0 Å². The molecule has 0 aliphatic heterocycles. The summed E-state index contributed by atoms with van der Waals surface area (Å²) in [5, 5.41) is 2.82. The molecule has 1 heterocycles. The molecule has 0 radical (unpaired) electrons. The summed E-state index contributed by atoms with van der Waals surface area (Å²) >= 11 is 0. The van der Waals surface area contributed by atoms with Crippen LogP contribution in [0.25, 0.3) is 11.0 Å². The molecule has 0 aliphatic carbocycles. The minimum Gasteiger partial charge on any atom is -0.350 e. The number of carbonyl (C=O) groups is 1. The van der Waals surface area contributed by atoms with Gasteiger partial charge in [0.25, 0.3) is 0 Å². The Balaban J connectivity index is 2.06. The standard InChI is InChI=1S/C13H15N3O/c1-2-5-13(17)15-9-10-8-14-11-6-3-4-7-12(11)16-10/h3-4,6-8H,2,5,9H2,1H3,(H,15,17). The molecule has 1 N–H and O–H groups in total. The maximum Gasteiger partial charge on any atom is 0.220 e. The Bertz CT molecular complexity index is 525. The van der Waals surface area contributed by atoms with Crippen molar-refractivity contribution in [3.05, 3.63) is 36.2 Å². The minimum atomic E-state index is 0.0578. The zero-order chi connectivity index (χ0) is 12.1. The summed E-state index contributed by atoms with van der Waals surface area (Å²) < 4.78 is 0. The molecule has 4 nitrogen and oxygen atoms in total. The lowest BCUT2D eigenvalue weighted by molar-refractivity contribution is -0.121. The van der Waals surface area contributed by atoms with Crippen LogP contribution in [0.3, 0.4) is 0 Å². The molecule has 2 rings (SSSR count). The molecular weight excluding hydrogens is 214 g/mol. The third-order valence-electron chi connectivity index (χ3n) is 2.44. The first-order chi connectivity index (χ1) is 8.29. The second kappa shape index (κ2) is 5.39. The van der Waals surface area contributed by atoms with Crippen LogP contribution in [0.5, 0.6) is 0 Å². The first kappa shape index (κ1) is 11.5. The molecule has 17 heavy (non-hydrogen) atoms. The summed E-state index contributed by atoms with van der Waals surface area (Å²) in [5.74, 6) is 0.0578. The van der Waals surface area contributed by atoms with E-state index >= 15 is 0 Å². The molecule has 0 saturated heterocycles. The maximum absolute atomic E-state index is 11.3. The second-order valence-electron chi connectivity index (χ2n) is 3.88. The summed E-state index contributed by atoms with van der Waals surface area (Å²) in [6, 6.07) is 7.69. The highest BCUT2D eigenvalue weighted by atomic mass is 16.1. The van der Waals surface area contributed by atoms with E-state index in [4.69, 9.17) is 0 Å². The van der Waals surface area contributed by atoms with Gasteiger partial charge in [-0.25, -0.2) is 4.98 Å². The largest absolute Gasteiger partial charge is 0.350 e. The normalized spacial score (nSPS) is 10.4. The Morgan fingerprint density at radius 1 is 1.29 bits per heavy atom. The SMILES string of the molecule is CCCC(=O)NCc1cnc2ccccc2n1. The van der Waals surface area contributed by atoms with Gasteiger partial charge in [-0.15, -0.1) is 0 Å². The van der Waals surface area contributed by atoms with Crippen molar-refractivity contribution in [3.8, 4) is 0 Å². The van der Waals surface area contributed by atoms with Crippen LogP contribution in [0.4, 0.5) is 0 Å². The van der Waals surface area contributed by atoms with Gasteiger partial charge in [-0.1, -0.05) is 19.1 Å². The van der Waals surface area contributed by atoms with Crippen molar-refractivity contribution in [2.75, 3.05) is 0 Å². The lowest BCUT2D eigenvalue weighted by Crippen LogP contribution is -2.22. The zero-order valence-electron chi connectivity index (χ0n) is 9.81. The number of hydrogen-bond acceptors (Lipinski definition) is 3. The fourth-order valence-electron chi connectivity index (χ4n) is 1.59. The topological polar surface area (TPSA) is 54.9 Å². The summed E-state index contributed by atoms with van der Waals surface area (Å²) in [7, 11) is 0. The molecule has 1 aromatic carbocycles. The number of nitrogens with one attached hydrogen (secondary N) is 1. The van der Waals surface area contributed by atoms with Crippen molar-refractivity contribution >= 4 is 16.9 Å². The van der Waals surface area contributed by atoms with E-state index in [0.717, 1.165) is 23.1 Å². The van der Waals surface area contributed by atoms with Crippen molar-refractivity contribution in [2.45, 2.75) is 26.3 Å². The number of carbonyl (C=O) groups excluding carboxylic acids is 1. The van der Waals surface area contributed by atoms with Crippen molar-refractivity contribution < 1.29 is 4.79 Å². The van der Waals surface area contributed by atoms with Gasteiger partial charge in [0.05, 0.1) is 29.5 Å². The van der Waals surface area contributed by atoms with Gasteiger partial charge in [0.2, 0.25) is 5.91 Å². The summed E-state index contributed by atoms with van der Waals surface area (Å²) in [5.41, 5.74) is 2.51. The number of rotatable bonds is 4. The molecule has 0 unspecified atom stereocenters.